The number of imide groups is 1. The Balaban J connectivity index is 1.83. The van der Waals surface area contributed by atoms with Crippen LogP contribution in [0.4, 0.5) is 0 Å². The van der Waals surface area contributed by atoms with Gasteiger partial charge < -0.3 is 42.7 Å². The molecule has 2 unspecified atom stereocenters. The lowest BCUT2D eigenvalue weighted by atomic mass is 9.99. The lowest BCUT2D eigenvalue weighted by molar-refractivity contribution is -0.143. The topological polar surface area (TPSA) is 311 Å². The van der Waals surface area contributed by atoms with Gasteiger partial charge in [-0.25, -0.2) is 0 Å². The molecule has 1 saturated heterocycles. The highest BCUT2D eigenvalue weighted by Crippen LogP contribution is 2.13. The molecule has 2 aliphatic rings. The van der Waals surface area contributed by atoms with Crippen LogP contribution in [0.2, 0.25) is 0 Å². The lowest BCUT2D eigenvalue weighted by Gasteiger charge is -2.34. The van der Waals surface area contributed by atoms with E-state index in [1.54, 1.807) is 30.3 Å². The van der Waals surface area contributed by atoms with Gasteiger partial charge in [0.1, 0.15) is 12.1 Å². The van der Waals surface area contributed by atoms with Crippen LogP contribution < -0.4 is 43.0 Å². The summed E-state index contributed by atoms with van der Waals surface area (Å²) in [7, 11) is 0. The molecule has 0 spiro atoms. The minimum Gasteiger partial charge on any atom is -0.481 e. The van der Waals surface area contributed by atoms with Crippen molar-refractivity contribution in [3.05, 3.63) is 48.0 Å². The van der Waals surface area contributed by atoms with Gasteiger partial charge in [-0.3, -0.25) is 58.8 Å². The molecule has 1 aromatic carbocycles. The van der Waals surface area contributed by atoms with Crippen molar-refractivity contribution in [1.29, 1.82) is 5.41 Å². The van der Waals surface area contributed by atoms with E-state index in [0.29, 0.717) is 12.0 Å². The summed E-state index contributed by atoms with van der Waals surface area (Å²) in [5, 5.41) is 34.9. The Labute approximate surface area is 310 Å². The molecule has 0 aromatic heterocycles. The van der Waals surface area contributed by atoms with Crippen molar-refractivity contribution in [3.8, 4) is 0 Å². The SMILES string of the molecule is N=C(N)NCCCC1NC(=O)C(CCCCNC(=O)CCN2C(=O)C=CC2=O)NC(=O)[C@@H](Cc2ccccc2)N[C@@](C=O)(CC(=O)O)NC(=O)CNC1=O. The Bertz CT molecular complexity index is 1600. The van der Waals surface area contributed by atoms with Gasteiger partial charge in [-0.05, 0) is 44.1 Å². The largest absolute Gasteiger partial charge is 0.481 e. The predicted octanol–water partition coefficient (Wildman–Crippen LogP) is -3.36. The molecule has 292 valence electrons. The number of unbranched alkanes of at least 4 members (excludes halogenated alkanes) is 1. The summed E-state index contributed by atoms with van der Waals surface area (Å²) in [4.78, 5) is 115. The third kappa shape index (κ3) is 13.7. The second-order valence-electron chi connectivity index (χ2n) is 12.7. The average molecular weight is 755 g/mol. The Kier molecular flexibility index (Phi) is 16.2. The fourth-order valence-corrected chi connectivity index (χ4v) is 5.69. The van der Waals surface area contributed by atoms with Gasteiger partial charge in [-0.2, -0.15) is 0 Å². The van der Waals surface area contributed by atoms with E-state index in [1.165, 1.54) is 0 Å². The molecule has 7 amide bonds. The van der Waals surface area contributed by atoms with Crippen LogP contribution in [0.25, 0.3) is 0 Å². The number of hydrogen-bond acceptors (Lipinski definition) is 11. The van der Waals surface area contributed by atoms with Crippen molar-refractivity contribution in [2.24, 2.45) is 5.73 Å². The monoisotopic (exact) mass is 754 g/mol. The molecule has 3 rings (SSSR count). The smallest absolute Gasteiger partial charge is 0.307 e. The van der Waals surface area contributed by atoms with Crippen molar-refractivity contribution in [3.63, 3.8) is 0 Å². The molecule has 0 bridgehead atoms. The van der Waals surface area contributed by atoms with Gasteiger partial charge in [0.15, 0.2) is 17.9 Å². The van der Waals surface area contributed by atoms with E-state index in [2.05, 4.69) is 37.2 Å². The molecule has 54 heavy (non-hydrogen) atoms. The number of nitrogens with two attached hydrogens (primary N) is 1. The van der Waals surface area contributed by atoms with Crippen molar-refractivity contribution in [1.82, 2.24) is 42.1 Å². The van der Waals surface area contributed by atoms with Gasteiger partial charge in [0.25, 0.3) is 11.8 Å². The van der Waals surface area contributed by atoms with Crippen molar-refractivity contribution < 1.29 is 48.3 Å². The van der Waals surface area contributed by atoms with Crippen LogP contribution >= 0.6 is 0 Å². The first kappa shape index (κ1) is 42.2. The third-order valence-corrected chi connectivity index (χ3v) is 8.40. The first-order chi connectivity index (χ1) is 25.7. The van der Waals surface area contributed by atoms with Crippen LogP contribution in [0.1, 0.15) is 50.5 Å². The maximum Gasteiger partial charge on any atom is 0.307 e. The fraction of sp³-hybridized carbons (Fsp3) is 0.471. The average Bonchev–Trinajstić information content (AvgIpc) is 3.45. The van der Waals surface area contributed by atoms with E-state index in [4.69, 9.17) is 11.1 Å². The van der Waals surface area contributed by atoms with E-state index in [1.807, 2.05) is 0 Å². The molecule has 1 aromatic rings. The summed E-state index contributed by atoms with van der Waals surface area (Å²) in [6.45, 7) is -0.471. The number of nitrogens with one attached hydrogen (secondary N) is 8. The molecule has 0 saturated carbocycles. The summed E-state index contributed by atoms with van der Waals surface area (Å²) in [5.74, 6) is -6.54. The molecular formula is C34H46N10O10. The number of amides is 7. The maximum absolute atomic E-state index is 14.0. The van der Waals surface area contributed by atoms with Gasteiger partial charge in [0, 0.05) is 38.2 Å². The minimum absolute atomic E-state index is 0.0128. The zero-order valence-corrected chi connectivity index (χ0v) is 29.5. The fourth-order valence-electron chi connectivity index (χ4n) is 5.69. The van der Waals surface area contributed by atoms with Crippen LogP contribution in [0.15, 0.2) is 42.5 Å². The summed E-state index contributed by atoms with van der Waals surface area (Å²) >= 11 is 0. The number of carboxylic acids is 1. The summed E-state index contributed by atoms with van der Waals surface area (Å²) in [5.41, 5.74) is 3.63. The van der Waals surface area contributed by atoms with E-state index in [-0.39, 0.29) is 70.4 Å². The minimum atomic E-state index is -2.30. The second-order valence-corrected chi connectivity index (χ2v) is 12.7. The Morgan fingerprint density at radius 3 is 2.13 bits per heavy atom. The standard InChI is InChI=1S/C34H46N10O10/c35-33(36)38-15-6-10-22-30(52)39-19-26(47)43-34(20-45,18-29(50)51)42-24(17-21-7-2-1-3-8-21)32(54)41-23(31(53)40-22)9-4-5-14-37-25(46)13-16-44-27(48)11-12-28(44)49/h1-3,7-8,11-12,20,22-24,42H,4-6,9-10,13-19H2,(H,37,46)(H,39,52)(H,40,53)(H,41,54)(H,43,47)(H,50,51)(H4,35,36,38)/t22?,23?,24-,34+/m1/s1. The van der Waals surface area contributed by atoms with Gasteiger partial charge in [-0.1, -0.05) is 30.3 Å². The zero-order valence-electron chi connectivity index (χ0n) is 29.5. The number of carboxylic acid groups (broad SMARTS) is 1. The number of hydrogen-bond donors (Lipinski definition) is 10. The van der Waals surface area contributed by atoms with E-state index in [9.17, 15) is 48.3 Å². The number of carbonyl (C=O) groups excluding carboxylic acids is 8. The van der Waals surface area contributed by atoms with Crippen molar-refractivity contribution >= 4 is 59.6 Å². The molecule has 0 aliphatic carbocycles. The second kappa shape index (κ2) is 20.8. The van der Waals surface area contributed by atoms with E-state index in [0.717, 1.165) is 17.1 Å². The van der Waals surface area contributed by atoms with Crippen molar-refractivity contribution in [2.75, 3.05) is 26.2 Å². The van der Waals surface area contributed by atoms with Gasteiger partial charge in [0.2, 0.25) is 29.5 Å². The normalized spacial score (nSPS) is 22.3. The number of rotatable bonds is 17. The van der Waals surface area contributed by atoms with Crippen LogP contribution in [-0.4, -0.2) is 120 Å². The molecule has 0 radical (unpaired) electrons. The highest BCUT2D eigenvalue weighted by molar-refractivity contribution is 6.13. The number of guanidine groups is 1. The van der Waals surface area contributed by atoms with Crippen LogP contribution in [0.3, 0.4) is 0 Å². The van der Waals surface area contributed by atoms with Crippen LogP contribution in [-0.2, 0) is 49.6 Å². The highest BCUT2D eigenvalue weighted by Gasteiger charge is 2.40. The number of aliphatic carboxylic acids is 1. The predicted molar refractivity (Wildman–Crippen MR) is 190 cm³/mol. The maximum atomic E-state index is 14.0. The molecule has 20 nitrogen and oxygen atoms in total. The van der Waals surface area contributed by atoms with Gasteiger partial charge >= 0.3 is 5.97 Å². The number of benzene rings is 1. The number of aldehydes is 1. The molecule has 4 atom stereocenters. The first-order valence-corrected chi connectivity index (χ1v) is 17.3. The zero-order chi connectivity index (χ0) is 39.7. The molecule has 2 heterocycles. The summed E-state index contributed by atoms with van der Waals surface area (Å²) < 4.78 is 0. The van der Waals surface area contributed by atoms with Gasteiger partial charge in [0.05, 0.1) is 19.0 Å². The third-order valence-electron chi connectivity index (χ3n) is 8.40. The number of carbonyl (C=O) groups is 9. The van der Waals surface area contributed by atoms with E-state index < -0.39 is 84.1 Å². The first-order valence-electron chi connectivity index (χ1n) is 17.3. The van der Waals surface area contributed by atoms with Crippen molar-refractivity contribution in [2.45, 2.75) is 75.2 Å². The summed E-state index contributed by atoms with van der Waals surface area (Å²) in [6, 6.07) is 4.68. The van der Waals surface area contributed by atoms with Crippen LogP contribution in [0.5, 0.6) is 0 Å². The Morgan fingerprint density at radius 1 is 0.889 bits per heavy atom. The summed E-state index contributed by atoms with van der Waals surface area (Å²) in [6.07, 6.45) is 2.09. The number of nitrogens with zero attached hydrogens (tertiary/aromatic N) is 1. The Morgan fingerprint density at radius 2 is 1.50 bits per heavy atom. The molecule has 20 heteroatoms. The highest BCUT2D eigenvalue weighted by atomic mass is 16.4. The Hall–Kier alpha value is -6.18. The van der Waals surface area contributed by atoms with Gasteiger partial charge in [-0.15, -0.1) is 0 Å². The van der Waals surface area contributed by atoms with Crippen LogP contribution in [0, 0.1) is 5.41 Å². The molecule has 1 fully saturated rings. The quantitative estimate of drug-likeness (QED) is 0.0245. The molecule has 11 N–H and O–H groups in total. The molecule has 2 aliphatic heterocycles. The lowest BCUT2D eigenvalue weighted by Crippen LogP contribution is -2.68. The van der Waals surface area contributed by atoms with E-state index >= 15 is 0 Å². The molecular weight excluding hydrogens is 708 g/mol.